The molecule has 0 heterocycles. The van der Waals surface area contributed by atoms with Crippen molar-refractivity contribution in [2.75, 3.05) is 0 Å². The average Bonchev–Trinajstić information content (AvgIpc) is 1.77. The molecule has 0 aromatic heterocycles. The van der Waals surface area contributed by atoms with Crippen LogP contribution in [0.25, 0.3) is 0 Å². The zero-order chi connectivity index (χ0) is 69.4. The molecular formula is C91H176. The summed E-state index contributed by atoms with van der Waals surface area (Å²) in [6.45, 7) is 77.1. The van der Waals surface area contributed by atoms with Gasteiger partial charge in [-0.05, 0) is 296 Å². The van der Waals surface area contributed by atoms with Gasteiger partial charge in [0, 0.05) is 0 Å². The summed E-state index contributed by atoms with van der Waals surface area (Å²) < 4.78 is 0. The summed E-state index contributed by atoms with van der Waals surface area (Å²) >= 11 is 0. The lowest BCUT2D eigenvalue weighted by atomic mass is 9.56. The monoisotopic (exact) mass is 1270 g/mol. The number of hydrogen-bond donors (Lipinski definition) is 0. The second kappa shape index (κ2) is 33.0. The van der Waals surface area contributed by atoms with Gasteiger partial charge in [-0.3, -0.25) is 0 Å². The van der Waals surface area contributed by atoms with E-state index in [1.165, 1.54) is 161 Å². The Balaban J connectivity index is 0.000000219. The highest BCUT2D eigenvalue weighted by molar-refractivity contribution is 5.00. The first-order valence-corrected chi connectivity index (χ1v) is 41.2. The van der Waals surface area contributed by atoms with Crippen molar-refractivity contribution < 1.29 is 0 Å². The lowest BCUT2D eigenvalue weighted by molar-refractivity contribution is 0.0202. The molecule has 12 fully saturated rings. The van der Waals surface area contributed by atoms with Crippen LogP contribution in [-0.2, 0) is 0 Å². The first kappa shape index (κ1) is 83.4. The summed E-state index contributed by atoms with van der Waals surface area (Å²) in [5.41, 5.74) is 7.09. The molecule has 12 saturated carbocycles. The zero-order valence-electron chi connectivity index (χ0n) is 69.4. The molecule has 0 nitrogen and oxygen atoms in total. The lowest BCUT2D eigenvalue weighted by Crippen LogP contribution is -2.38. The molecule has 0 aliphatic heterocycles. The Morgan fingerprint density at radius 1 is 0.308 bits per heavy atom. The third kappa shape index (κ3) is 27.6. The zero-order valence-corrected chi connectivity index (χ0v) is 69.4. The Bertz CT molecular complexity index is 1960. The first-order valence-electron chi connectivity index (χ1n) is 41.2. The van der Waals surface area contributed by atoms with Crippen molar-refractivity contribution in [2.24, 2.45) is 148 Å². The van der Waals surface area contributed by atoms with E-state index in [-0.39, 0.29) is 0 Å². The van der Waals surface area contributed by atoms with Gasteiger partial charge in [0.2, 0.25) is 0 Å². The van der Waals surface area contributed by atoms with Crippen molar-refractivity contribution in [2.45, 2.75) is 433 Å². The minimum Gasteiger partial charge on any atom is -0.0651 e. The van der Waals surface area contributed by atoms with Crippen molar-refractivity contribution in [3.05, 3.63) is 0 Å². The molecule has 0 aromatic carbocycles. The Morgan fingerprint density at radius 2 is 0.725 bits per heavy atom. The summed E-state index contributed by atoms with van der Waals surface area (Å²) in [6, 6.07) is 0. The van der Waals surface area contributed by atoms with Gasteiger partial charge in [0.1, 0.15) is 0 Å². The van der Waals surface area contributed by atoms with Crippen LogP contribution in [0.4, 0.5) is 0 Å². The van der Waals surface area contributed by atoms with Crippen LogP contribution in [0.5, 0.6) is 0 Å². The van der Waals surface area contributed by atoms with Crippen molar-refractivity contribution in [1.82, 2.24) is 0 Å². The van der Waals surface area contributed by atoms with Crippen LogP contribution in [0.2, 0.25) is 0 Å². The predicted molar refractivity (Wildman–Crippen MR) is 412 cm³/mol. The second-order valence-electron chi connectivity index (χ2n) is 45.6. The summed E-state index contributed by atoms with van der Waals surface area (Å²) in [5.74, 6) is 14.6. The van der Waals surface area contributed by atoms with Gasteiger partial charge in [0.15, 0.2) is 0 Å². The van der Waals surface area contributed by atoms with Gasteiger partial charge in [0.25, 0.3) is 0 Å². The maximum absolute atomic E-state index is 2.46. The highest BCUT2D eigenvalue weighted by atomic mass is 14.6. The SMILES string of the molecule is CC1(C)CC(C)(C)CC(C)(C)C1.CC1C(C)(C)CCCC1(C)C.CC1C2CCC(C2)C1(C)C.CC1CC(C)(C)CC(C)(C)C1.CC1CC2CCC1C2.CC1CCC(C)(C)CC1.CCC1CC(C)(C)CC(C)(C)C1.CCC1CC2CCC1C2.C[C@@H]1CCCCC1(C)C. The maximum Gasteiger partial charge on any atom is -0.0297 e. The fourth-order valence-electron chi connectivity index (χ4n) is 25.1. The second-order valence-corrected chi connectivity index (χ2v) is 45.6. The molecule has 6 bridgehead atoms. The van der Waals surface area contributed by atoms with E-state index >= 15 is 0 Å². The van der Waals surface area contributed by atoms with Crippen LogP contribution in [0.1, 0.15) is 433 Å². The van der Waals surface area contributed by atoms with Crippen molar-refractivity contribution in [1.29, 1.82) is 0 Å². The van der Waals surface area contributed by atoms with Crippen LogP contribution >= 0.6 is 0 Å². The Morgan fingerprint density at radius 3 is 0.989 bits per heavy atom. The molecular weight excluding hydrogens is 1090 g/mol. The van der Waals surface area contributed by atoms with Gasteiger partial charge >= 0.3 is 0 Å². The van der Waals surface area contributed by atoms with Crippen LogP contribution in [0, 0.1) is 148 Å². The van der Waals surface area contributed by atoms with Gasteiger partial charge in [-0.1, -0.05) is 286 Å². The van der Waals surface area contributed by atoms with Crippen LogP contribution < -0.4 is 0 Å². The Labute approximate surface area is 578 Å². The van der Waals surface area contributed by atoms with Gasteiger partial charge in [-0.25, -0.2) is 0 Å². The molecule has 12 rings (SSSR count). The number of fused-ring (bicyclic) bond motifs is 6. The molecule has 0 saturated heterocycles. The molecule has 0 aromatic rings. The van der Waals surface area contributed by atoms with E-state index in [1.807, 2.05) is 0 Å². The normalized spacial score (nSPS) is 36.4. The van der Waals surface area contributed by atoms with E-state index in [0.717, 1.165) is 82.9 Å². The van der Waals surface area contributed by atoms with E-state index in [2.05, 4.69) is 222 Å². The van der Waals surface area contributed by atoms with E-state index in [1.54, 1.807) is 51.4 Å². The summed E-state index contributed by atoms with van der Waals surface area (Å²) in [7, 11) is 0. The number of hydrogen-bond acceptors (Lipinski definition) is 0. The van der Waals surface area contributed by atoms with Crippen molar-refractivity contribution in [3.8, 4) is 0 Å². The molecule has 0 amide bonds. The molecule has 91 heavy (non-hydrogen) atoms. The smallest absolute Gasteiger partial charge is 0.0297 e. The van der Waals surface area contributed by atoms with Gasteiger partial charge in [0.05, 0.1) is 0 Å². The van der Waals surface area contributed by atoms with Gasteiger partial charge in [-0.15, -0.1) is 0 Å². The molecule has 540 valence electrons. The summed E-state index contributed by atoms with van der Waals surface area (Å²) in [5, 5.41) is 0. The molecule has 0 N–H and O–H groups in total. The van der Waals surface area contributed by atoms with E-state index in [9.17, 15) is 0 Å². The predicted octanol–water partition coefficient (Wildman–Crippen LogP) is 31.0. The van der Waals surface area contributed by atoms with Crippen molar-refractivity contribution >= 4 is 0 Å². The highest BCUT2D eigenvalue weighted by Gasteiger charge is 2.50. The molecule has 0 spiro atoms. The average molecular weight is 1270 g/mol. The summed E-state index contributed by atoms with van der Waals surface area (Å²) in [6.07, 6.45) is 48.3. The fraction of sp³-hybridized carbons (Fsp3) is 1.00. The molecule has 10 atom stereocenters. The topological polar surface area (TPSA) is 0 Å². The Kier molecular flexibility index (Phi) is 30.2. The third-order valence-corrected chi connectivity index (χ3v) is 29.4. The summed E-state index contributed by atoms with van der Waals surface area (Å²) in [4.78, 5) is 0. The minimum absolute atomic E-state index is 0.547. The quantitative estimate of drug-likeness (QED) is 0.259. The third-order valence-electron chi connectivity index (χ3n) is 29.4. The minimum atomic E-state index is 0.547. The molecule has 0 radical (unpaired) electrons. The molecule has 12 aliphatic carbocycles. The fourth-order valence-corrected chi connectivity index (χ4v) is 25.1. The molecule has 0 heteroatoms. The molecule has 12 aliphatic rings. The standard InChI is InChI=1S/2C12H24.2C11H22.C10H18.C9H16.2C9H18.C8H14/c1-10(2)7-11(3,4)9-12(5,6)8-10;1-6-10-7-11(2,3)9-12(4,5)8-10;1-9-6-10(2,3)8-11(4,5)7-9;1-9-10(2,3)7-6-8-11(9,4)5;1-7-8-4-5-9(6-8)10(7,2)3;1-2-8-5-7-3-4-9(8)6-7;1-8-4-6-9(2,3)7-5-8;1-8-6-4-5-7-9(8,2)3;1-6-4-7-2-3-8(6)5-7/h7-9H2,1-6H3;10H,6-9H2,1-5H3;2*9H,6-8H2,1-5H3;7-9H,4-6H2,1-3H3;7-9H,2-6H2,1H3;2*8H,4-7H2,1-3H3;6-8H,2-5H2,1H3/t;;;;;;;8-;/m.......1./s1. The Hall–Kier alpha value is 0. The van der Waals surface area contributed by atoms with E-state index in [0.29, 0.717) is 65.0 Å². The van der Waals surface area contributed by atoms with Crippen molar-refractivity contribution in [3.63, 3.8) is 0 Å². The number of rotatable bonds is 2. The van der Waals surface area contributed by atoms with E-state index in [4.69, 9.17) is 0 Å². The molecule has 9 unspecified atom stereocenters. The van der Waals surface area contributed by atoms with E-state index < -0.39 is 0 Å². The van der Waals surface area contributed by atoms with Crippen LogP contribution in [0.3, 0.4) is 0 Å². The van der Waals surface area contributed by atoms with Gasteiger partial charge in [-0.2, -0.15) is 0 Å². The van der Waals surface area contributed by atoms with Crippen LogP contribution in [0.15, 0.2) is 0 Å². The van der Waals surface area contributed by atoms with Crippen LogP contribution in [-0.4, -0.2) is 0 Å². The maximum atomic E-state index is 2.46. The largest absolute Gasteiger partial charge is 0.0651 e. The highest BCUT2D eigenvalue weighted by Crippen LogP contribution is 2.60. The van der Waals surface area contributed by atoms with Gasteiger partial charge < -0.3 is 0 Å². The first-order chi connectivity index (χ1) is 41.2. The lowest BCUT2D eigenvalue weighted by Gasteiger charge is -2.49.